The first-order valence-corrected chi connectivity index (χ1v) is 8.65. The summed E-state index contributed by atoms with van der Waals surface area (Å²) in [7, 11) is -3.75. The first kappa shape index (κ1) is 15.1. The van der Waals surface area contributed by atoms with Gasteiger partial charge in [0, 0.05) is 11.7 Å². The SMILES string of the molecule is CCC1CCCCC1Nc1ccc(S(N)(=O)=O)c(N)c1. The van der Waals surface area contributed by atoms with E-state index >= 15 is 0 Å². The van der Waals surface area contributed by atoms with Crippen molar-refractivity contribution in [3.8, 4) is 0 Å². The number of sulfonamides is 1. The summed E-state index contributed by atoms with van der Waals surface area (Å²) in [6.45, 7) is 2.21. The Morgan fingerprint density at radius 2 is 2.00 bits per heavy atom. The summed E-state index contributed by atoms with van der Waals surface area (Å²) >= 11 is 0. The molecule has 1 fully saturated rings. The molecule has 1 aromatic rings. The molecule has 0 heterocycles. The Morgan fingerprint density at radius 1 is 1.30 bits per heavy atom. The number of primary sulfonamides is 1. The van der Waals surface area contributed by atoms with Crippen LogP contribution in [0.15, 0.2) is 23.1 Å². The Labute approximate surface area is 120 Å². The molecule has 1 aromatic carbocycles. The topological polar surface area (TPSA) is 98.2 Å². The summed E-state index contributed by atoms with van der Waals surface area (Å²) in [5.41, 5.74) is 6.84. The van der Waals surface area contributed by atoms with Crippen molar-refractivity contribution < 1.29 is 8.42 Å². The minimum Gasteiger partial charge on any atom is -0.398 e. The van der Waals surface area contributed by atoms with Crippen molar-refractivity contribution in [2.24, 2.45) is 11.1 Å². The predicted molar refractivity (Wildman–Crippen MR) is 81.9 cm³/mol. The van der Waals surface area contributed by atoms with E-state index in [4.69, 9.17) is 10.9 Å². The van der Waals surface area contributed by atoms with Crippen molar-refractivity contribution in [1.29, 1.82) is 0 Å². The zero-order chi connectivity index (χ0) is 14.8. The molecule has 6 heteroatoms. The monoisotopic (exact) mass is 297 g/mol. The molecule has 2 rings (SSSR count). The molecular weight excluding hydrogens is 274 g/mol. The van der Waals surface area contributed by atoms with Crippen molar-refractivity contribution in [1.82, 2.24) is 0 Å². The van der Waals surface area contributed by atoms with Gasteiger partial charge in [0.1, 0.15) is 4.90 Å². The van der Waals surface area contributed by atoms with Crippen molar-refractivity contribution in [3.05, 3.63) is 18.2 Å². The molecule has 5 N–H and O–H groups in total. The minimum absolute atomic E-state index is 0.0151. The van der Waals surface area contributed by atoms with Crippen molar-refractivity contribution in [2.45, 2.75) is 50.0 Å². The van der Waals surface area contributed by atoms with Gasteiger partial charge >= 0.3 is 0 Å². The van der Waals surface area contributed by atoms with Gasteiger partial charge in [-0.15, -0.1) is 0 Å². The third-order valence-corrected chi connectivity index (χ3v) is 5.09. The second kappa shape index (κ2) is 6.01. The molecule has 0 spiro atoms. The van der Waals surface area contributed by atoms with Crippen LogP contribution in [0.1, 0.15) is 39.0 Å². The maximum Gasteiger partial charge on any atom is 0.240 e. The molecular formula is C14H23N3O2S. The van der Waals surface area contributed by atoms with Gasteiger partial charge in [-0.2, -0.15) is 0 Å². The van der Waals surface area contributed by atoms with Gasteiger partial charge in [-0.05, 0) is 37.0 Å². The molecule has 1 aliphatic carbocycles. The number of rotatable bonds is 4. The Hall–Kier alpha value is -1.27. The summed E-state index contributed by atoms with van der Waals surface area (Å²) in [6, 6.07) is 5.29. The largest absolute Gasteiger partial charge is 0.398 e. The lowest BCUT2D eigenvalue weighted by atomic mass is 9.83. The van der Waals surface area contributed by atoms with Gasteiger partial charge in [-0.1, -0.05) is 26.2 Å². The Morgan fingerprint density at radius 3 is 2.60 bits per heavy atom. The van der Waals surface area contributed by atoms with E-state index in [1.807, 2.05) is 0 Å². The van der Waals surface area contributed by atoms with E-state index < -0.39 is 10.0 Å². The third kappa shape index (κ3) is 3.43. The number of hydrogen-bond acceptors (Lipinski definition) is 4. The van der Waals surface area contributed by atoms with E-state index in [1.54, 1.807) is 12.1 Å². The molecule has 0 saturated heterocycles. The van der Waals surface area contributed by atoms with Gasteiger partial charge in [-0.3, -0.25) is 0 Å². The van der Waals surface area contributed by atoms with E-state index in [2.05, 4.69) is 12.2 Å². The summed E-state index contributed by atoms with van der Waals surface area (Å²) in [6.07, 6.45) is 6.08. The van der Waals surface area contributed by atoms with Gasteiger partial charge in [0.2, 0.25) is 10.0 Å². The fourth-order valence-corrected chi connectivity index (χ4v) is 3.64. The van der Waals surface area contributed by atoms with Crippen LogP contribution in [0.3, 0.4) is 0 Å². The summed E-state index contributed by atoms with van der Waals surface area (Å²) in [5.74, 6) is 0.669. The summed E-state index contributed by atoms with van der Waals surface area (Å²) in [5, 5.41) is 8.59. The first-order valence-electron chi connectivity index (χ1n) is 7.10. The van der Waals surface area contributed by atoms with Gasteiger partial charge in [0.05, 0.1) is 5.69 Å². The normalized spacial score (nSPS) is 23.5. The van der Waals surface area contributed by atoms with Crippen molar-refractivity contribution >= 4 is 21.4 Å². The molecule has 0 radical (unpaired) electrons. The van der Waals surface area contributed by atoms with E-state index in [9.17, 15) is 8.42 Å². The molecule has 1 aliphatic rings. The van der Waals surface area contributed by atoms with E-state index in [0.29, 0.717) is 12.0 Å². The zero-order valence-corrected chi connectivity index (χ0v) is 12.6. The van der Waals surface area contributed by atoms with Crippen LogP contribution >= 0.6 is 0 Å². The number of nitrogens with one attached hydrogen (secondary N) is 1. The lowest BCUT2D eigenvalue weighted by Crippen LogP contribution is -2.31. The molecule has 0 bridgehead atoms. The molecule has 5 nitrogen and oxygen atoms in total. The maximum absolute atomic E-state index is 11.3. The van der Waals surface area contributed by atoms with Crippen LogP contribution in [0.25, 0.3) is 0 Å². The number of benzene rings is 1. The zero-order valence-electron chi connectivity index (χ0n) is 11.8. The number of hydrogen-bond donors (Lipinski definition) is 3. The summed E-state index contributed by atoms with van der Waals surface area (Å²) in [4.78, 5) is -0.0151. The lowest BCUT2D eigenvalue weighted by Gasteiger charge is -2.32. The maximum atomic E-state index is 11.3. The van der Waals surface area contributed by atoms with Crippen LogP contribution in [0.5, 0.6) is 0 Å². The van der Waals surface area contributed by atoms with E-state index in [0.717, 1.165) is 18.5 Å². The average Bonchev–Trinajstić information content (AvgIpc) is 2.38. The van der Waals surface area contributed by atoms with Gasteiger partial charge in [0.15, 0.2) is 0 Å². The Bertz CT molecular complexity index is 572. The van der Waals surface area contributed by atoms with Crippen LogP contribution in [0.4, 0.5) is 11.4 Å². The van der Waals surface area contributed by atoms with Crippen molar-refractivity contribution in [2.75, 3.05) is 11.1 Å². The van der Waals surface area contributed by atoms with Crippen LogP contribution in [-0.4, -0.2) is 14.5 Å². The quantitative estimate of drug-likeness (QED) is 0.743. The third-order valence-electron chi connectivity index (χ3n) is 4.10. The fourth-order valence-electron chi connectivity index (χ4n) is 3.00. The van der Waals surface area contributed by atoms with Gasteiger partial charge in [0.25, 0.3) is 0 Å². The molecule has 0 aromatic heterocycles. The van der Waals surface area contributed by atoms with Gasteiger partial charge in [-0.25, -0.2) is 13.6 Å². The second-order valence-corrected chi connectivity index (χ2v) is 7.03. The van der Waals surface area contributed by atoms with E-state index in [-0.39, 0.29) is 10.6 Å². The highest BCUT2D eigenvalue weighted by Gasteiger charge is 2.23. The molecule has 112 valence electrons. The highest BCUT2D eigenvalue weighted by Crippen LogP contribution is 2.30. The van der Waals surface area contributed by atoms with Crippen molar-refractivity contribution in [3.63, 3.8) is 0 Å². The molecule has 20 heavy (non-hydrogen) atoms. The fraction of sp³-hybridized carbons (Fsp3) is 0.571. The second-order valence-electron chi connectivity index (χ2n) is 5.50. The number of nitrogens with two attached hydrogens (primary N) is 2. The predicted octanol–water partition coefficient (Wildman–Crippen LogP) is 2.30. The Balaban J connectivity index is 2.16. The van der Waals surface area contributed by atoms with E-state index in [1.165, 1.54) is 25.3 Å². The molecule has 0 amide bonds. The summed E-state index contributed by atoms with van der Waals surface area (Å²) < 4.78 is 22.7. The smallest absolute Gasteiger partial charge is 0.240 e. The Kier molecular flexibility index (Phi) is 4.55. The van der Waals surface area contributed by atoms with Crippen LogP contribution in [0.2, 0.25) is 0 Å². The highest BCUT2D eigenvalue weighted by molar-refractivity contribution is 7.89. The highest BCUT2D eigenvalue weighted by atomic mass is 32.2. The van der Waals surface area contributed by atoms with Gasteiger partial charge < -0.3 is 11.1 Å². The molecule has 2 unspecified atom stereocenters. The number of anilines is 2. The van der Waals surface area contributed by atoms with Crippen LogP contribution in [-0.2, 0) is 10.0 Å². The number of nitrogen functional groups attached to an aromatic ring is 1. The lowest BCUT2D eigenvalue weighted by molar-refractivity contribution is 0.317. The first-order chi connectivity index (χ1) is 9.41. The standard InChI is InChI=1S/C14H23N3O2S/c1-2-10-5-3-4-6-13(10)17-11-7-8-14(12(15)9-11)20(16,18)19/h7-10,13,17H,2-6,15H2,1H3,(H2,16,18,19). The van der Waals surface area contributed by atoms with Crippen LogP contribution < -0.4 is 16.2 Å². The molecule has 0 aliphatic heterocycles. The van der Waals surface area contributed by atoms with Crippen LogP contribution in [0, 0.1) is 5.92 Å². The average molecular weight is 297 g/mol. The molecule has 1 saturated carbocycles. The molecule has 2 atom stereocenters. The minimum atomic E-state index is -3.75.